The molecule has 2 unspecified atom stereocenters. The third-order valence-corrected chi connectivity index (χ3v) is 6.61. The van der Waals surface area contributed by atoms with Crippen LogP contribution in [-0.4, -0.2) is 56.0 Å². The number of benzene rings is 1. The Balaban J connectivity index is 2.33. The summed E-state index contributed by atoms with van der Waals surface area (Å²) in [6.07, 6.45) is -4.48. The van der Waals surface area contributed by atoms with E-state index in [-0.39, 0.29) is 16.9 Å². The van der Waals surface area contributed by atoms with Crippen LogP contribution in [0.4, 0.5) is 13.2 Å². The molecular weight excluding hydrogens is 353 g/mol. The first-order chi connectivity index (χ1) is 11.2. The highest BCUT2D eigenvalue weighted by Crippen LogP contribution is 2.32. The zero-order chi connectivity index (χ0) is 19.2. The number of hydrogen-bond donors (Lipinski definition) is 0. The Morgan fingerprint density at radius 2 is 1.56 bits per heavy atom. The van der Waals surface area contributed by atoms with Crippen molar-refractivity contribution < 1.29 is 21.6 Å². The van der Waals surface area contributed by atoms with Gasteiger partial charge in [0.2, 0.25) is 10.0 Å². The number of piperazine rings is 1. The first-order valence-corrected chi connectivity index (χ1v) is 9.58. The van der Waals surface area contributed by atoms with Crippen molar-refractivity contribution in [3.63, 3.8) is 0 Å². The van der Waals surface area contributed by atoms with E-state index in [4.69, 9.17) is 0 Å². The molecule has 142 valence electrons. The summed E-state index contributed by atoms with van der Waals surface area (Å²) >= 11 is 0. The zero-order valence-corrected chi connectivity index (χ0v) is 15.9. The van der Waals surface area contributed by atoms with Gasteiger partial charge in [0, 0.05) is 19.1 Å². The first kappa shape index (κ1) is 20.2. The Morgan fingerprint density at radius 1 is 1.04 bits per heavy atom. The van der Waals surface area contributed by atoms with Crippen molar-refractivity contribution >= 4 is 10.0 Å². The standard InChI is InChI=1S/C17H25F3N2O2S/c1-12-10-22(11-15(21(12)5)17(18,19)20)25(23,24)14-8-6-13(7-9-14)16(2,3)4/h6-9,12,15H,10-11H2,1-5H3. The summed E-state index contributed by atoms with van der Waals surface area (Å²) in [5, 5.41) is 0. The van der Waals surface area contributed by atoms with Crippen LogP contribution in [0.15, 0.2) is 29.2 Å². The fourth-order valence-corrected chi connectivity index (χ4v) is 4.46. The maximum atomic E-state index is 13.2. The highest BCUT2D eigenvalue weighted by atomic mass is 32.2. The molecule has 1 aromatic rings. The average molecular weight is 378 g/mol. The van der Waals surface area contributed by atoms with Crippen molar-refractivity contribution in [2.24, 2.45) is 0 Å². The van der Waals surface area contributed by atoms with E-state index in [9.17, 15) is 21.6 Å². The molecule has 1 heterocycles. The van der Waals surface area contributed by atoms with Crippen molar-refractivity contribution in [2.75, 3.05) is 20.1 Å². The molecule has 0 radical (unpaired) electrons. The minimum Gasteiger partial charge on any atom is -0.290 e. The van der Waals surface area contributed by atoms with E-state index in [1.807, 2.05) is 20.8 Å². The second-order valence-corrected chi connectivity index (χ2v) is 9.61. The second kappa shape index (κ2) is 6.55. The predicted octanol–water partition coefficient (Wildman–Crippen LogP) is 3.24. The Kier molecular flexibility index (Phi) is 5.29. The molecule has 0 saturated carbocycles. The van der Waals surface area contributed by atoms with Crippen LogP contribution < -0.4 is 0 Å². The largest absolute Gasteiger partial charge is 0.405 e. The lowest BCUT2D eigenvalue weighted by molar-refractivity contribution is -0.194. The SMILES string of the molecule is CC1CN(S(=O)(=O)c2ccc(C(C)(C)C)cc2)CC(C(F)(F)F)N1C. The van der Waals surface area contributed by atoms with Crippen molar-refractivity contribution in [1.82, 2.24) is 9.21 Å². The zero-order valence-electron chi connectivity index (χ0n) is 15.1. The molecule has 1 saturated heterocycles. The van der Waals surface area contributed by atoms with Gasteiger partial charge < -0.3 is 0 Å². The minimum atomic E-state index is -4.48. The smallest absolute Gasteiger partial charge is 0.290 e. The third kappa shape index (κ3) is 4.17. The van der Waals surface area contributed by atoms with Gasteiger partial charge in [-0.15, -0.1) is 0 Å². The first-order valence-electron chi connectivity index (χ1n) is 8.14. The fourth-order valence-electron chi connectivity index (χ4n) is 2.93. The Morgan fingerprint density at radius 3 is 2.00 bits per heavy atom. The molecule has 8 heteroatoms. The number of rotatable bonds is 2. The van der Waals surface area contributed by atoms with Gasteiger partial charge in [0.15, 0.2) is 0 Å². The van der Waals surface area contributed by atoms with Crippen molar-refractivity contribution in [1.29, 1.82) is 0 Å². The maximum Gasteiger partial charge on any atom is 0.405 e. The van der Waals surface area contributed by atoms with E-state index in [0.29, 0.717) is 0 Å². The minimum absolute atomic E-state index is 0.0261. The van der Waals surface area contributed by atoms with Crippen LogP contribution in [0.25, 0.3) is 0 Å². The normalized spacial score (nSPS) is 24.5. The summed E-state index contributed by atoms with van der Waals surface area (Å²) in [5.41, 5.74) is 0.831. The van der Waals surface area contributed by atoms with E-state index in [0.717, 1.165) is 9.87 Å². The van der Waals surface area contributed by atoms with Crippen LogP contribution >= 0.6 is 0 Å². The van der Waals surface area contributed by atoms with E-state index in [1.54, 1.807) is 19.1 Å². The summed E-state index contributed by atoms with van der Waals surface area (Å²) < 4.78 is 66.3. The topological polar surface area (TPSA) is 40.6 Å². The lowest BCUT2D eigenvalue weighted by Crippen LogP contribution is -2.62. The van der Waals surface area contributed by atoms with Crippen LogP contribution in [-0.2, 0) is 15.4 Å². The van der Waals surface area contributed by atoms with E-state index in [2.05, 4.69) is 0 Å². The van der Waals surface area contributed by atoms with Gasteiger partial charge in [-0.3, -0.25) is 4.90 Å². The summed E-state index contributed by atoms with van der Waals surface area (Å²) in [6.45, 7) is 7.06. The lowest BCUT2D eigenvalue weighted by Gasteiger charge is -2.43. The number of halogens is 3. The molecule has 0 aliphatic carbocycles. The van der Waals surface area contributed by atoms with Crippen molar-refractivity contribution in [3.8, 4) is 0 Å². The monoisotopic (exact) mass is 378 g/mol. The van der Waals surface area contributed by atoms with Crippen molar-refractivity contribution in [2.45, 2.75) is 56.3 Å². The molecule has 1 aliphatic heterocycles. The van der Waals surface area contributed by atoms with Crippen molar-refractivity contribution in [3.05, 3.63) is 29.8 Å². The van der Waals surface area contributed by atoms with Gasteiger partial charge >= 0.3 is 6.18 Å². The Hall–Kier alpha value is -1.12. The summed E-state index contributed by atoms with van der Waals surface area (Å²) in [6, 6.07) is 4.05. The number of alkyl halides is 3. The van der Waals surface area contributed by atoms with Gasteiger partial charge in [-0.2, -0.15) is 17.5 Å². The molecular formula is C17H25F3N2O2S. The van der Waals surface area contributed by atoms with Gasteiger partial charge in [0.05, 0.1) is 4.90 Å². The molecule has 0 aromatic heterocycles. The second-order valence-electron chi connectivity index (χ2n) is 7.67. The maximum absolute atomic E-state index is 13.2. The summed E-state index contributed by atoms with van der Waals surface area (Å²) in [7, 11) is -2.59. The van der Waals surface area contributed by atoms with E-state index in [1.165, 1.54) is 24.1 Å². The fraction of sp³-hybridized carbons (Fsp3) is 0.647. The molecule has 2 rings (SSSR count). The number of nitrogens with zero attached hydrogens (tertiary/aromatic N) is 2. The third-order valence-electron chi connectivity index (χ3n) is 4.77. The Bertz CT molecular complexity index is 709. The number of likely N-dealkylation sites (N-methyl/N-ethyl adjacent to an activating group) is 1. The van der Waals surface area contributed by atoms with Crippen LogP contribution in [0.1, 0.15) is 33.3 Å². The van der Waals surface area contributed by atoms with Crippen LogP contribution in [0.5, 0.6) is 0 Å². The molecule has 1 fully saturated rings. The van der Waals surface area contributed by atoms with Crippen LogP contribution in [0, 0.1) is 0 Å². The summed E-state index contributed by atoms with van der Waals surface area (Å²) in [5.74, 6) is 0. The average Bonchev–Trinajstić information content (AvgIpc) is 2.47. The van der Waals surface area contributed by atoms with Crippen LogP contribution in [0.3, 0.4) is 0 Å². The predicted molar refractivity (Wildman–Crippen MR) is 91.0 cm³/mol. The molecule has 2 atom stereocenters. The molecule has 4 nitrogen and oxygen atoms in total. The van der Waals surface area contributed by atoms with Gasteiger partial charge in [0.25, 0.3) is 0 Å². The van der Waals surface area contributed by atoms with Gasteiger partial charge in [-0.05, 0) is 37.1 Å². The highest BCUT2D eigenvalue weighted by Gasteiger charge is 2.49. The lowest BCUT2D eigenvalue weighted by atomic mass is 9.87. The molecule has 0 amide bonds. The molecule has 25 heavy (non-hydrogen) atoms. The quantitative estimate of drug-likeness (QED) is 0.793. The molecule has 0 N–H and O–H groups in total. The van der Waals surface area contributed by atoms with Gasteiger partial charge in [-0.1, -0.05) is 32.9 Å². The van der Waals surface area contributed by atoms with Crippen LogP contribution in [0.2, 0.25) is 0 Å². The van der Waals surface area contributed by atoms with Gasteiger partial charge in [0.1, 0.15) is 6.04 Å². The molecule has 0 spiro atoms. The summed E-state index contributed by atoms with van der Waals surface area (Å²) in [4.78, 5) is 1.22. The number of hydrogen-bond acceptors (Lipinski definition) is 3. The van der Waals surface area contributed by atoms with E-state index >= 15 is 0 Å². The molecule has 1 aliphatic rings. The number of sulfonamides is 1. The molecule has 1 aromatic carbocycles. The molecule has 0 bridgehead atoms. The van der Waals surface area contributed by atoms with Gasteiger partial charge in [-0.25, -0.2) is 8.42 Å². The van der Waals surface area contributed by atoms with E-state index < -0.39 is 34.8 Å². The highest BCUT2D eigenvalue weighted by molar-refractivity contribution is 7.89. The Labute approximate surface area is 147 Å².